The fraction of sp³-hybridized carbons (Fsp3) is 0.867. The van der Waals surface area contributed by atoms with Crippen LogP contribution in [0.4, 0.5) is 0 Å². The van der Waals surface area contributed by atoms with E-state index in [2.05, 4.69) is 17.0 Å². The van der Waals surface area contributed by atoms with E-state index in [1.165, 1.54) is 26.4 Å². The minimum Gasteiger partial charge on any atom is -0.469 e. The van der Waals surface area contributed by atoms with Gasteiger partial charge in [-0.2, -0.15) is 0 Å². The zero-order valence-corrected chi connectivity index (χ0v) is 12.3. The molecule has 0 unspecified atom stereocenters. The number of ether oxygens (including phenoxy) is 1. The molecular formula is C15H27NO3. The molecule has 1 N–H and O–H groups in total. The lowest BCUT2D eigenvalue weighted by Crippen LogP contribution is -2.40. The molecule has 19 heavy (non-hydrogen) atoms. The summed E-state index contributed by atoms with van der Waals surface area (Å²) in [6.45, 7) is 2.80. The molecule has 0 heterocycles. The van der Waals surface area contributed by atoms with Crippen LogP contribution in [0.1, 0.15) is 64.7 Å². The van der Waals surface area contributed by atoms with Crippen molar-refractivity contribution < 1.29 is 14.3 Å². The molecule has 110 valence electrons. The van der Waals surface area contributed by atoms with Gasteiger partial charge in [-0.1, -0.05) is 32.6 Å². The molecule has 4 nitrogen and oxygen atoms in total. The molecule has 0 aromatic rings. The quantitative estimate of drug-likeness (QED) is 0.571. The van der Waals surface area contributed by atoms with E-state index in [9.17, 15) is 9.59 Å². The number of unbranched alkanes of at least 4 members (excludes halogenated alkanes) is 2. The number of methoxy groups -OCH3 is 1. The first-order valence-electron chi connectivity index (χ1n) is 7.43. The Morgan fingerprint density at radius 2 is 1.79 bits per heavy atom. The van der Waals surface area contributed by atoms with Crippen LogP contribution in [0.15, 0.2) is 0 Å². The Morgan fingerprint density at radius 3 is 2.42 bits per heavy atom. The fourth-order valence-corrected chi connectivity index (χ4v) is 2.65. The third-order valence-corrected chi connectivity index (χ3v) is 4.08. The summed E-state index contributed by atoms with van der Waals surface area (Å²) in [5.74, 6) is 0.0546. The van der Waals surface area contributed by atoms with E-state index in [1.54, 1.807) is 0 Å². The number of esters is 1. The maximum Gasteiger partial charge on any atom is 0.305 e. The number of rotatable bonds is 7. The molecule has 0 radical (unpaired) electrons. The predicted molar refractivity (Wildman–Crippen MR) is 74.7 cm³/mol. The van der Waals surface area contributed by atoms with Crippen LogP contribution in [0.2, 0.25) is 0 Å². The van der Waals surface area contributed by atoms with E-state index in [-0.39, 0.29) is 17.3 Å². The zero-order valence-electron chi connectivity index (χ0n) is 12.3. The van der Waals surface area contributed by atoms with Gasteiger partial charge in [-0.15, -0.1) is 0 Å². The lowest BCUT2D eigenvalue weighted by molar-refractivity contribution is -0.140. The summed E-state index contributed by atoms with van der Waals surface area (Å²) in [6, 6.07) is 0. The number of hydrogen-bond donors (Lipinski definition) is 1. The Labute approximate surface area is 116 Å². The summed E-state index contributed by atoms with van der Waals surface area (Å²) in [4.78, 5) is 23.0. The maximum absolute atomic E-state index is 12.1. The largest absolute Gasteiger partial charge is 0.469 e. The molecule has 1 aliphatic carbocycles. The summed E-state index contributed by atoms with van der Waals surface area (Å²) in [5.41, 5.74) is -0.149. The number of hydrogen-bond acceptors (Lipinski definition) is 3. The van der Waals surface area contributed by atoms with Gasteiger partial charge in [0.15, 0.2) is 0 Å². The Hall–Kier alpha value is -1.06. The van der Waals surface area contributed by atoms with Gasteiger partial charge in [0, 0.05) is 18.4 Å². The summed E-state index contributed by atoms with van der Waals surface area (Å²) >= 11 is 0. The van der Waals surface area contributed by atoms with Crippen LogP contribution in [0.25, 0.3) is 0 Å². The minimum absolute atomic E-state index is 0.149. The molecule has 0 atom stereocenters. The second-order valence-corrected chi connectivity index (χ2v) is 5.76. The standard InChI is InChI=1S/C15H27NO3/c1-15(10-6-4-7-11-15)14(18)16-12-8-3-5-9-13(17)19-2/h3-12H2,1-2H3,(H,16,18). The molecule has 0 aromatic heterocycles. The van der Waals surface area contributed by atoms with Crippen molar-refractivity contribution in [3.63, 3.8) is 0 Å². The molecular weight excluding hydrogens is 242 g/mol. The number of carbonyl (C=O) groups is 2. The first-order valence-corrected chi connectivity index (χ1v) is 7.43. The fourth-order valence-electron chi connectivity index (χ4n) is 2.65. The Balaban J connectivity index is 2.08. The highest BCUT2D eigenvalue weighted by atomic mass is 16.5. The van der Waals surface area contributed by atoms with Crippen LogP contribution < -0.4 is 5.32 Å². The van der Waals surface area contributed by atoms with Crippen LogP contribution in [-0.4, -0.2) is 25.5 Å². The molecule has 0 saturated heterocycles. The van der Waals surface area contributed by atoms with Crippen LogP contribution in [0.3, 0.4) is 0 Å². The molecule has 0 spiro atoms. The van der Waals surface area contributed by atoms with E-state index in [1.807, 2.05) is 0 Å². The van der Waals surface area contributed by atoms with E-state index in [0.717, 1.165) is 38.6 Å². The zero-order chi connectivity index (χ0) is 14.1. The van der Waals surface area contributed by atoms with Gasteiger partial charge in [0.25, 0.3) is 0 Å². The molecule has 1 rings (SSSR count). The molecule has 4 heteroatoms. The molecule has 0 bridgehead atoms. The monoisotopic (exact) mass is 269 g/mol. The van der Waals surface area contributed by atoms with Crippen LogP contribution in [0, 0.1) is 5.41 Å². The first-order chi connectivity index (χ1) is 9.08. The van der Waals surface area contributed by atoms with Gasteiger partial charge < -0.3 is 10.1 Å². The van der Waals surface area contributed by atoms with E-state index >= 15 is 0 Å². The van der Waals surface area contributed by atoms with E-state index < -0.39 is 0 Å². The average Bonchev–Trinajstić information content (AvgIpc) is 2.42. The van der Waals surface area contributed by atoms with Crippen molar-refractivity contribution in [2.24, 2.45) is 5.41 Å². The third kappa shape index (κ3) is 5.62. The summed E-state index contributed by atoms with van der Waals surface area (Å²) < 4.78 is 4.58. The third-order valence-electron chi connectivity index (χ3n) is 4.08. The molecule has 1 aliphatic rings. The summed E-state index contributed by atoms with van der Waals surface area (Å²) in [5, 5.41) is 3.04. The van der Waals surface area contributed by atoms with Gasteiger partial charge in [0.1, 0.15) is 0 Å². The summed E-state index contributed by atoms with van der Waals surface area (Å²) in [7, 11) is 1.41. The highest BCUT2D eigenvalue weighted by Gasteiger charge is 2.33. The van der Waals surface area contributed by atoms with Gasteiger partial charge in [0.05, 0.1) is 7.11 Å². The van der Waals surface area contributed by atoms with Gasteiger partial charge in [0.2, 0.25) is 5.91 Å². The van der Waals surface area contributed by atoms with Crippen molar-refractivity contribution in [2.75, 3.05) is 13.7 Å². The minimum atomic E-state index is -0.154. The molecule has 0 aliphatic heterocycles. The smallest absolute Gasteiger partial charge is 0.305 e. The number of nitrogens with one attached hydrogen (secondary N) is 1. The van der Waals surface area contributed by atoms with Gasteiger partial charge in [-0.3, -0.25) is 9.59 Å². The normalized spacial score (nSPS) is 17.8. The summed E-state index contributed by atoms with van der Waals surface area (Å²) in [6.07, 6.45) is 8.82. The molecule has 0 aromatic carbocycles. The van der Waals surface area contributed by atoms with Crippen molar-refractivity contribution in [3.05, 3.63) is 0 Å². The van der Waals surface area contributed by atoms with Gasteiger partial charge >= 0.3 is 5.97 Å². The van der Waals surface area contributed by atoms with Gasteiger partial charge in [-0.05, 0) is 25.7 Å². The second kappa shape index (κ2) is 8.18. The average molecular weight is 269 g/mol. The van der Waals surface area contributed by atoms with Crippen molar-refractivity contribution in [1.29, 1.82) is 0 Å². The molecule has 1 saturated carbocycles. The first kappa shape index (κ1) is 16.0. The Morgan fingerprint density at radius 1 is 1.11 bits per heavy atom. The van der Waals surface area contributed by atoms with Crippen LogP contribution in [-0.2, 0) is 14.3 Å². The van der Waals surface area contributed by atoms with E-state index in [0.29, 0.717) is 6.42 Å². The Bertz CT molecular complexity index is 296. The second-order valence-electron chi connectivity index (χ2n) is 5.76. The Kier molecular flexibility index (Phi) is 6.89. The highest BCUT2D eigenvalue weighted by Crippen LogP contribution is 2.35. The van der Waals surface area contributed by atoms with Crippen molar-refractivity contribution in [2.45, 2.75) is 64.7 Å². The van der Waals surface area contributed by atoms with Crippen molar-refractivity contribution in [3.8, 4) is 0 Å². The van der Waals surface area contributed by atoms with Crippen molar-refractivity contribution in [1.82, 2.24) is 5.32 Å². The molecule has 1 amide bonds. The predicted octanol–water partition coefficient (Wildman–Crippen LogP) is 2.81. The van der Waals surface area contributed by atoms with Crippen LogP contribution >= 0.6 is 0 Å². The van der Waals surface area contributed by atoms with Gasteiger partial charge in [-0.25, -0.2) is 0 Å². The molecule has 1 fully saturated rings. The number of amides is 1. The lowest BCUT2D eigenvalue weighted by Gasteiger charge is -2.32. The number of carbonyl (C=O) groups excluding carboxylic acids is 2. The van der Waals surface area contributed by atoms with Crippen molar-refractivity contribution >= 4 is 11.9 Å². The van der Waals surface area contributed by atoms with E-state index in [4.69, 9.17) is 0 Å². The maximum atomic E-state index is 12.1. The lowest BCUT2D eigenvalue weighted by atomic mass is 9.75. The van der Waals surface area contributed by atoms with Crippen LogP contribution in [0.5, 0.6) is 0 Å². The highest BCUT2D eigenvalue weighted by molar-refractivity contribution is 5.82. The SMILES string of the molecule is COC(=O)CCCCCNC(=O)C1(C)CCCCC1. The topological polar surface area (TPSA) is 55.4 Å².